The third kappa shape index (κ3) is 4.89. The molecule has 0 unspecified atom stereocenters. The Balaban J connectivity index is 2.26. The van der Waals surface area contributed by atoms with Crippen molar-refractivity contribution in [2.45, 2.75) is 19.9 Å². The predicted octanol–water partition coefficient (Wildman–Crippen LogP) is 1.47. The molecule has 0 spiro atoms. The Morgan fingerprint density at radius 1 is 1.50 bits per heavy atom. The summed E-state index contributed by atoms with van der Waals surface area (Å²) in [6.45, 7) is 3.70. The van der Waals surface area contributed by atoms with E-state index < -0.39 is 0 Å². The summed E-state index contributed by atoms with van der Waals surface area (Å²) in [4.78, 5) is 17.4. The van der Waals surface area contributed by atoms with Gasteiger partial charge in [-0.2, -0.15) is 0 Å². The van der Waals surface area contributed by atoms with Gasteiger partial charge in [-0.05, 0) is 26.1 Å². The SMILES string of the molecule is CCOC(=O)CCN(C)Cc1ccccn1. The highest BCUT2D eigenvalue weighted by Gasteiger charge is 2.05. The average molecular weight is 222 g/mol. The van der Waals surface area contributed by atoms with Gasteiger partial charge in [0.1, 0.15) is 0 Å². The maximum atomic E-state index is 11.1. The van der Waals surface area contributed by atoms with Gasteiger partial charge in [-0.25, -0.2) is 0 Å². The number of hydrogen-bond acceptors (Lipinski definition) is 4. The number of ether oxygens (including phenoxy) is 1. The number of hydrogen-bond donors (Lipinski definition) is 0. The lowest BCUT2D eigenvalue weighted by Gasteiger charge is -2.15. The van der Waals surface area contributed by atoms with E-state index in [1.165, 1.54) is 0 Å². The van der Waals surface area contributed by atoms with Crippen LogP contribution in [-0.2, 0) is 16.1 Å². The van der Waals surface area contributed by atoms with Crippen LogP contribution >= 0.6 is 0 Å². The van der Waals surface area contributed by atoms with Crippen LogP contribution in [0.15, 0.2) is 24.4 Å². The van der Waals surface area contributed by atoms with Crippen molar-refractivity contribution in [2.24, 2.45) is 0 Å². The normalized spacial score (nSPS) is 10.4. The van der Waals surface area contributed by atoms with Crippen LogP contribution in [0.5, 0.6) is 0 Å². The first-order valence-corrected chi connectivity index (χ1v) is 5.46. The van der Waals surface area contributed by atoms with Crippen molar-refractivity contribution in [1.82, 2.24) is 9.88 Å². The lowest BCUT2D eigenvalue weighted by molar-refractivity contribution is -0.143. The van der Waals surface area contributed by atoms with Crippen LogP contribution in [0.4, 0.5) is 0 Å². The molecule has 0 aliphatic carbocycles. The zero-order chi connectivity index (χ0) is 11.8. The summed E-state index contributed by atoms with van der Waals surface area (Å²) in [6.07, 6.45) is 2.20. The molecule has 0 aliphatic rings. The second-order valence-electron chi connectivity index (χ2n) is 3.61. The Bertz CT molecular complexity index is 314. The van der Waals surface area contributed by atoms with Gasteiger partial charge >= 0.3 is 5.97 Å². The molecule has 0 saturated carbocycles. The number of aromatic nitrogens is 1. The lowest BCUT2D eigenvalue weighted by Crippen LogP contribution is -2.22. The highest BCUT2D eigenvalue weighted by molar-refractivity contribution is 5.69. The molecule has 16 heavy (non-hydrogen) atoms. The number of nitrogens with zero attached hydrogens (tertiary/aromatic N) is 2. The maximum absolute atomic E-state index is 11.1. The van der Waals surface area contributed by atoms with Gasteiger partial charge in [-0.1, -0.05) is 6.07 Å². The molecule has 0 amide bonds. The van der Waals surface area contributed by atoms with Gasteiger partial charge in [0.25, 0.3) is 0 Å². The number of esters is 1. The van der Waals surface area contributed by atoms with Crippen LogP contribution in [0, 0.1) is 0 Å². The molecule has 0 N–H and O–H groups in total. The molecule has 0 atom stereocenters. The van der Waals surface area contributed by atoms with Crippen molar-refractivity contribution < 1.29 is 9.53 Å². The topological polar surface area (TPSA) is 42.4 Å². The first kappa shape index (κ1) is 12.6. The van der Waals surface area contributed by atoms with Crippen molar-refractivity contribution in [3.05, 3.63) is 30.1 Å². The lowest BCUT2D eigenvalue weighted by atomic mass is 10.3. The van der Waals surface area contributed by atoms with E-state index in [4.69, 9.17) is 4.74 Å². The predicted molar refractivity (Wildman–Crippen MR) is 61.8 cm³/mol. The van der Waals surface area contributed by atoms with Gasteiger partial charge in [0.05, 0.1) is 18.7 Å². The van der Waals surface area contributed by atoms with E-state index in [9.17, 15) is 4.79 Å². The minimum absolute atomic E-state index is 0.143. The summed E-state index contributed by atoms with van der Waals surface area (Å²) in [5, 5.41) is 0. The van der Waals surface area contributed by atoms with E-state index in [0.29, 0.717) is 19.6 Å². The van der Waals surface area contributed by atoms with Gasteiger partial charge in [0.2, 0.25) is 0 Å². The van der Waals surface area contributed by atoms with Crippen LogP contribution in [-0.4, -0.2) is 36.1 Å². The van der Waals surface area contributed by atoms with E-state index in [-0.39, 0.29) is 5.97 Å². The first-order valence-electron chi connectivity index (χ1n) is 5.46. The molecule has 0 saturated heterocycles. The van der Waals surface area contributed by atoms with E-state index >= 15 is 0 Å². The monoisotopic (exact) mass is 222 g/mol. The Labute approximate surface area is 96.2 Å². The summed E-state index contributed by atoms with van der Waals surface area (Å²) in [6, 6.07) is 5.82. The van der Waals surface area contributed by atoms with Crippen LogP contribution < -0.4 is 0 Å². The minimum atomic E-state index is -0.143. The highest BCUT2D eigenvalue weighted by Crippen LogP contribution is 1.99. The summed E-state index contributed by atoms with van der Waals surface area (Å²) in [5.41, 5.74) is 1.01. The third-order valence-electron chi connectivity index (χ3n) is 2.16. The molecule has 0 aliphatic heterocycles. The van der Waals surface area contributed by atoms with Crippen LogP contribution in [0.1, 0.15) is 19.0 Å². The molecule has 1 aromatic heterocycles. The molecule has 4 nitrogen and oxygen atoms in total. The average Bonchev–Trinajstić information content (AvgIpc) is 2.28. The Hall–Kier alpha value is -1.42. The number of pyridine rings is 1. The molecule has 0 aromatic carbocycles. The molecule has 88 valence electrons. The Morgan fingerprint density at radius 3 is 2.94 bits per heavy atom. The second-order valence-corrected chi connectivity index (χ2v) is 3.61. The van der Waals surface area contributed by atoms with Gasteiger partial charge in [-0.15, -0.1) is 0 Å². The van der Waals surface area contributed by atoms with Gasteiger partial charge in [0.15, 0.2) is 0 Å². The van der Waals surface area contributed by atoms with Crippen molar-refractivity contribution >= 4 is 5.97 Å². The largest absolute Gasteiger partial charge is 0.466 e. The number of rotatable bonds is 6. The smallest absolute Gasteiger partial charge is 0.307 e. The van der Waals surface area contributed by atoms with E-state index in [1.54, 1.807) is 6.20 Å². The van der Waals surface area contributed by atoms with Crippen LogP contribution in [0.25, 0.3) is 0 Å². The first-order chi connectivity index (χ1) is 7.72. The van der Waals surface area contributed by atoms with Gasteiger partial charge in [0, 0.05) is 19.3 Å². The standard InChI is InChI=1S/C12H18N2O2/c1-3-16-12(15)7-9-14(2)10-11-6-4-5-8-13-11/h4-6,8H,3,7,9-10H2,1-2H3. The van der Waals surface area contributed by atoms with Gasteiger partial charge < -0.3 is 4.74 Å². The van der Waals surface area contributed by atoms with Crippen molar-refractivity contribution in [2.75, 3.05) is 20.2 Å². The minimum Gasteiger partial charge on any atom is -0.466 e. The quantitative estimate of drug-likeness (QED) is 0.683. The molecular weight excluding hydrogens is 204 g/mol. The summed E-state index contributed by atoms with van der Waals surface area (Å²) in [5.74, 6) is -0.143. The Kier molecular flexibility index (Phi) is 5.50. The molecule has 1 heterocycles. The molecule has 4 heteroatoms. The van der Waals surface area contributed by atoms with Crippen LogP contribution in [0.2, 0.25) is 0 Å². The second kappa shape index (κ2) is 6.95. The van der Waals surface area contributed by atoms with E-state index in [2.05, 4.69) is 9.88 Å². The fourth-order valence-corrected chi connectivity index (χ4v) is 1.36. The number of carbonyl (C=O) groups is 1. The molecular formula is C12H18N2O2. The molecule has 1 rings (SSSR count). The zero-order valence-electron chi connectivity index (χ0n) is 9.85. The van der Waals surface area contributed by atoms with E-state index in [0.717, 1.165) is 12.2 Å². The summed E-state index contributed by atoms with van der Waals surface area (Å²) >= 11 is 0. The Morgan fingerprint density at radius 2 is 2.31 bits per heavy atom. The third-order valence-corrected chi connectivity index (χ3v) is 2.16. The van der Waals surface area contributed by atoms with Crippen LogP contribution in [0.3, 0.4) is 0 Å². The highest BCUT2D eigenvalue weighted by atomic mass is 16.5. The molecule has 1 aromatic rings. The van der Waals surface area contributed by atoms with E-state index in [1.807, 2.05) is 32.2 Å². The maximum Gasteiger partial charge on any atom is 0.307 e. The zero-order valence-corrected chi connectivity index (χ0v) is 9.85. The fourth-order valence-electron chi connectivity index (χ4n) is 1.36. The van der Waals surface area contributed by atoms with Crippen molar-refractivity contribution in [3.8, 4) is 0 Å². The van der Waals surface area contributed by atoms with Crippen molar-refractivity contribution in [3.63, 3.8) is 0 Å². The van der Waals surface area contributed by atoms with Crippen molar-refractivity contribution in [1.29, 1.82) is 0 Å². The number of carbonyl (C=O) groups excluding carboxylic acids is 1. The molecule has 0 bridgehead atoms. The molecule has 0 radical (unpaired) electrons. The fraction of sp³-hybridized carbons (Fsp3) is 0.500. The summed E-state index contributed by atoms with van der Waals surface area (Å²) < 4.78 is 4.86. The van der Waals surface area contributed by atoms with Gasteiger partial charge in [-0.3, -0.25) is 14.7 Å². The summed E-state index contributed by atoms with van der Waals surface area (Å²) in [7, 11) is 1.97. The molecule has 0 fully saturated rings.